The Labute approximate surface area is 94.6 Å². The number of hydrogen-bond acceptors (Lipinski definition) is 4. The first-order valence-corrected chi connectivity index (χ1v) is 4.44. The lowest BCUT2D eigenvalue weighted by Crippen LogP contribution is -2.17. The molecule has 0 aliphatic rings. The standard InChI is InChI=1S/C10H9F3O4/c1-16-9(15)7-2-6(5-14)3-8(4-7)17-10(11,12)13/h2-4,14H,5H2,1H3. The molecule has 0 spiro atoms. The molecule has 94 valence electrons. The summed E-state index contributed by atoms with van der Waals surface area (Å²) in [7, 11) is 1.10. The Bertz CT molecular complexity index is 415. The summed E-state index contributed by atoms with van der Waals surface area (Å²) >= 11 is 0. The first kappa shape index (κ1) is 13.3. The summed E-state index contributed by atoms with van der Waals surface area (Å²) in [5, 5.41) is 8.85. The largest absolute Gasteiger partial charge is 0.573 e. The van der Waals surface area contributed by atoms with Crippen LogP contribution in [0.5, 0.6) is 5.75 Å². The molecule has 0 amide bonds. The highest BCUT2D eigenvalue weighted by atomic mass is 19.4. The molecule has 1 N–H and O–H groups in total. The average Bonchev–Trinajstić information content (AvgIpc) is 2.25. The summed E-state index contributed by atoms with van der Waals surface area (Å²) in [6.45, 7) is -0.515. The molecule has 0 bridgehead atoms. The van der Waals surface area contributed by atoms with Crippen molar-refractivity contribution >= 4 is 5.97 Å². The molecule has 0 aliphatic carbocycles. The van der Waals surface area contributed by atoms with Crippen LogP contribution >= 0.6 is 0 Å². The molecule has 1 rings (SSSR count). The van der Waals surface area contributed by atoms with E-state index in [0.717, 1.165) is 19.2 Å². The monoisotopic (exact) mass is 250 g/mol. The van der Waals surface area contributed by atoms with Crippen LogP contribution in [0.1, 0.15) is 15.9 Å². The quantitative estimate of drug-likeness (QED) is 0.832. The zero-order valence-corrected chi connectivity index (χ0v) is 8.75. The normalized spacial score (nSPS) is 11.1. The van der Waals surface area contributed by atoms with Crippen molar-refractivity contribution in [3.8, 4) is 5.75 Å². The van der Waals surface area contributed by atoms with Crippen molar-refractivity contribution in [2.45, 2.75) is 13.0 Å². The van der Waals surface area contributed by atoms with Gasteiger partial charge in [0.05, 0.1) is 19.3 Å². The Morgan fingerprint density at radius 1 is 1.35 bits per heavy atom. The van der Waals surface area contributed by atoms with Crippen molar-refractivity contribution in [2.75, 3.05) is 7.11 Å². The van der Waals surface area contributed by atoms with Crippen LogP contribution in [0.2, 0.25) is 0 Å². The molecule has 0 heterocycles. The minimum Gasteiger partial charge on any atom is -0.465 e. The van der Waals surface area contributed by atoms with Gasteiger partial charge in [-0.05, 0) is 23.8 Å². The number of esters is 1. The Kier molecular flexibility index (Phi) is 3.95. The molecule has 4 nitrogen and oxygen atoms in total. The van der Waals surface area contributed by atoms with E-state index >= 15 is 0 Å². The van der Waals surface area contributed by atoms with Crippen molar-refractivity contribution in [3.05, 3.63) is 29.3 Å². The van der Waals surface area contributed by atoms with Gasteiger partial charge in [-0.25, -0.2) is 4.79 Å². The number of rotatable bonds is 3. The van der Waals surface area contributed by atoms with Crippen molar-refractivity contribution in [1.82, 2.24) is 0 Å². The molecule has 1 aromatic rings. The number of benzene rings is 1. The fraction of sp³-hybridized carbons (Fsp3) is 0.300. The predicted molar refractivity (Wildman–Crippen MR) is 50.4 cm³/mol. The Hall–Kier alpha value is -1.76. The number of methoxy groups -OCH3 is 1. The zero-order valence-electron chi connectivity index (χ0n) is 8.75. The van der Waals surface area contributed by atoms with Gasteiger partial charge in [0.1, 0.15) is 5.75 Å². The lowest BCUT2D eigenvalue weighted by Gasteiger charge is -2.11. The summed E-state index contributed by atoms with van der Waals surface area (Å²) in [4.78, 5) is 11.2. The second kappa shape index (κ2) is 5.05. The van der Waals surface area contributed by atoms with Crippen molar-refractivity contribution in [3.63, 3.8) is 0 Å². The molecule has 1 aromatic carbocycles. The SMILES string of the molecule is COC(=O)c1cc(CO)cc(OC(F)(F)F)c1. The van der Waals surface area contributed by atoms with Crippen LogP contribution in [0.3, 0.4) is 0 Å². The van der Waals surface area contributed by atoms with Crippen LogP contribution in [0.4, 0.5) is 13.2 Å². The van der Waals surface area contributed by atoms with E-state index in [1.807, 2.05) is 0 Å². The predicted octanol–water partition coefficient (Wildman–Crippen LogP) is 1.86. The maximum absolute atomic E-state index is 12.0. The minimum atomic E-state index is -4.86. The topological polar surface area (TPSA) is 55.8 Å². The molecule has 0 saturated carbocycles. The molecular formula is C10H9F3O4. The molecule has 17 heavy (non-hydrogen) atoms. The van der Waals surface area contributed by atoms with Gasteiger partial charge in [0, 0.05) is 0 Å². The Balaban J connectivity index is 3.09. The third-order valence-corrected chi connectivity index (χ3v) is 1.80. The molecular weight excluding hydrogens is 241 g/mol. The zero-order chi connectivity index (χ0) is 13.1. The highest BCUT2D eigenvalue weighted by Crippen LogP contribution is 2.25. The van der Waals surface area contributed by atoms with Gasteiger partial charge in [-0.1, -0.05) is 0 Å². The highest BCUT2D eigenvalue weighted by molar-refractivity contribution is 5.90. The summed E-state index contributed by atoms with van der Waals surface area (Å²) in [6.07, 6.45) is -4.86. The van der Waals surface area contributed by atoms with E-state index in [9.17, 15) is 18.0 Å². The van der Waals surface area contributed by atoms with Crippen LogP contribution in [0.25, 0.3) is 0 Å². The third-order valence-electron chi connectivity index (χ3n) is 1.80. The van der Waals surface area contributed by atoms with Crippen LogP contribution in [0.15, 0.2) is 18.2 Å². The minimum absolute atomic E-state index is 0.118. The maximum atomic E-state index is 12.0. The first-order valence-electron chi connectivity index (χ1n) is 4.44. The number of alkyl halides is 3. The van der Waals surface area contributed by atoms with Gasteiger partial charge in [-0.2, -0.15) is 0 Å². The lowest BCUT2D eigenvalue weighted by atomic mass is 10.1. The fourth-order valence-electron chi connectivity index (χ4n) is 1.18. The van der Waals surface area contributed by atoms with Crippen molar-refractivity contribution in [1.29, 1.82) is 0 Å². The third kappa shape index (κ3) is 3.95. The van der Waals surface area contributed by atoms with E-state index < -0.39 is 24.7 Å². The number of aliphatic hydroxyl groups excluding tert-OH is 1. The summed E-state index contributed by atoms with van der Waals surface area (Å²) in [6, 6.07) is 3.09. The van der Waals surface area contributed by atoms with Gasteiger partial charge in [0.2, 0.25) is 0 Å². The Morgan fingerprint density at radius 2 is 2.00 bits per heavy atom. The molecule has 0 atom stereocenters. The smallest absolute Gasteiger partial charge is 0.465 e. The molecule has 0 aliphatic heterocycles. The lowest BCUT2D eigenvalue weighted by molar-refractivity contribution is -0.274. The van der Waals surface area contributed by atoms with Crippen LogP contribution in [-0.4, -0.2) is 24.5 Å². The fourth-order valence-corrected chi connectivity index (χ4v) is 1.18. The molecule has 0 radical (unpaired) electrons. The number of halogens is 3. The van der Waals surface area contributed by atoms with Crippen molar-refractivity contribution < 1.29 is 32.5 Å². The van der Waals surface area contributed by atoms with E-state index in [0.29, 0.717) is 0 Å². The van der Waals surface area contributed by atoms with E-state index in [1.165, 1.54) is 6.07 Å². The highest BCUT2D eigenvalue weighted by Gasteiger charge is 2.31. The molecule has 0 aromatic heterocycles. The number of ether oxygens (including phenoxy) is 2. The number of carbonyl (C=O) groups is 1. The summed E-state index contributed by atoms with van der Waals surface area (Å²) in [5.41, 5.74) is -0.00884. The van der Waals surface area contributed by atoms with Gasteiger partial charge in [-0.3, -0.25) is 0 Å². The molecule has 0 unspecified atom stereocenters. The second-order valence-electron chi connectivity index (χ2n) is 3.06. The van der Waals surface area contributed by atoms with Crippen LogP contribution in [-0.2, 0) is 11.3 Å². The molecule has 7 heteroatoms. The van der Waals surface area contributed by atoms with Crippen molar-refractivity contribution in [2.24, 2.45) is 0 Å². The van der Waals surface area contributed by atoms with E-state index in [4.69, 9.17) is 5.11 Å². The van der Waals surface area contributed by atoms with E-state index in [-0.39, 0.29) is 11.1 Å². The number of aliphatic hydroxyl groups is 1. The molecule has 0 saturated heterocycles. The van der Waals surface area contributed by atoms with E-state index in [1.54, 1.807) is 0 Å². The van der Waals surface area contributed by atoms with Crippen LogP contribution < -0.4 is 4.74 Å². The van der Waals surface area contributed by atoms with Gasteiger partial charge in [0.25, 0.3) is 0 Å². The van der Waals surface area contributed by atoms with Gasteiger partial charge in [0.15, 0.2) is 0 Å². The van der Waals surface area contributed by atoms with Gasteiger partial charge in [-0.15, -0.1) is 13.2 Å². The second-order valence-corrected chi connectivity index (χ2v) is 3.06. The average molecular weight is 250 g/mol. The summed E-state index contributed by atoms with van der Waals surface area (Å²) < 4.78 is 44.0. The van der Waals surface area contributed by atoms with Gasteiger partial charge < -0.3 is 14.6 Å². The maximum Gasteiger partial charge on any atom is 0.573 e. The Morgan fingerprint density at radius 3 is 2.47 bits per heavy atom. The molecule has 0 fully saturated rings. The number of carbonyl (C=O) groups excluding carboxylic acids is 1. The van der Waals surface area contributed by atoms with E-state index in [2.05, 4.69) is 9.47 Å². The summed E-state index contributed by atoms with van der Waals surface area (Å²) in [5.74, 6) is -1.39. The first-order chi connectivity index (χ1) is 7.85. The van der Waals surface area contributed by atoms with Crippen LogP contribution in [0, 0.1) is 0 Å². The van der Waals surface area contributed by atoms with Gasteiger partial charge >= 0.3 is 12.3 Å². The number of hydrogen-bond donors (Lipinski definition) is 1.